The lowest BCUT2D eigenvalue weighted by atomic mass is 10.3. The Morgan fingerprint density at radius 2 is 1.58 bits per heavy atom. The molecule has 0 spiro atoms. The molecule has 4 rings (SSSR count). The number of benzene rings is 2. The summed E-state index contributed by atoms with van der Waals surface area (Å²) in [6, 6.07) is 10.7. The van der Waals surface area contributed by atoms with Crippen LogP contribution >= 0.6 is 0 Å². The molecule has 10 heteroatoms. The number of fused-ring (bicyclic) bond motifs is 1. The Morgan fingerprint density at radius 1 is 0.968 bits per heavy atom. The summed E-state index contributed by atoms with van der Waals surface area (Å²) in [5.74, 6) is -0.817. The van der Waals surface area contributed by atoms with Crippen molar-refractivity contribution in [2.24, 2.45) is 0 Å². The van der Waals surface area contributed by atoms with Crippen LogP contribution in [0.2, 0.25) is 0 Å². The third-order valence-corrected chi connectivity index (χ3v) is 7.31. The number of nitrogens with zero attached hydrogens (tertiary/aromatic N) is 4. The van der Waals surface area contributed by atoms with E-state index in [0.29, 0.717) is 22.6 Å². The SMILES string of the molecule is CCN1CCN(C(=O)Cn2c(=O)n(S(=O)(=O)c3ccc(F)cc3)c3ccccc32)CC1. The molecule has 164 valence electrons. The molecule has 31 heavy (non-hydrogen) atoms. The van der Waals surface area contributed by atoms with E-state index in [4.69, 9.17) is 0 Å². The van der Waals surface area contributed by atoms with E-state index in [1.54, 1.807) is 23.1 Å². The third kappa shape index (κ3) is 3.88. The Morgan fingerprint density at radius 3 is 2.19 bits per heavy atom. The van der Waals surface area contributed by atoms with Crippen molar-refractivity contribution >= 4 is 27.0 Å². The highest BCUT2D eigenvalue weighted by Crippen LogP contribution is 2.20. The van der Waals surface area contributed by atoms with Gasteiger partial charge in [-0.25, -0.2) is 17.6 Å². The number of rotatable bonds is 5. The van der Waals surface area contributed by atoms with Gasteiger partial charge in [0.15, 0.2) is 0 Å². The van der Waals surface area contributed by atoms with Crippen molar-refractivity contribution in [1.29, 1.82) is 0 Å². The zero-order chi connectivity index (χ0) is 22.2. The van der Waals surface area contributed by atoms with Crippen molar-refractivity contribution in [2.45, 2.75) is 18.4 Å². The largest absolute Gasteiger partial charge is 0.343 e. The number of halogens is 1. The molecule has 0 N–H and O–H groups in total. The van der Waals surface area contributed by atoms with Crippen molar-refractivity contribution in [2.75, 3.05) is 32.7 Å². The van der Waals surface area contributed by atoms with Crippen LogP contribution in [0.1, 0.15) is 6.92 Å². The molecule has 0 radical (unpaired) electrons. The number of hydrogen-bond acceptors (Lipinski definition) is 5. The van der Waals surface area contributed by atoms with E-state index in [2.05, 4.69) is 11.8 Å². The van der Waals surface area contributed by atoms with Crippen molar-refractivity contribution in [1.82, 2.24) is 18.3 Å². The van der Waals surface area contributed by atoms with Crippen LogP contribution in [0, 0.1) is 5.82 Å². The molecule has 1 aliphatic rings. The summed E-state index contributed by atoms with van der Waals surface area (Å²) in [4.78, 5) is 29.8. The molecule has 1 fully saturated rings. The highest BCUT2D eigenvalue weighted by molar-refractivity contribution is 7.90. The molecule has 1 aliphatic heterocycles. The molecule has 0 atom stereocenters. The van der Waals surface area contributed by atoms with Gasteiger partial charge in [-0.05, 0) is 42.9 Å². The lowest BCUT2D eigenvalue weighted by Crippen LogP contribution is -2.49. The van der Waals surface area contributed by atoms with Crippen molar-refractivity contribution in [3.05, 3.63) is 64.8 Å². The van der Waals surface area contributed by atoms with Crippen LogP contribution in [0.25, 0.3) is 11.0 Å². The first-order chi connectivity index (χ1) is 14.8. The van der Waals surface area contributed by atoms with Gasteiger partial charge in [0.05, 0.1) is 15.9 Å². The Hall–Kier alpha value is -2.98. The average Bonchev–Trinajstić information content (AvgIpc) is 3.06. The Bertz CT molecular complexity index is 1270. The first-order valence-electron chi connectivity index (χ1n) is 10.0. The monoisotopic (exact) mass is 446 g/mol. The molecular weight excluding hydrogens is 423 g/mol. The van der Waals surface area contributed by atoms with Crippen molar-refractivity contribution in [3.63, 3.8) is 0 Å². The number of amides is 1. The second kappa shape index (κ2) is 8.27. The summed E-state index contributed by atoms with van der Waals surface area (Å²) < 4.78 is 41.5. The lowest BCUT2D eigenvalue weighted by molar-refractivity contribution is -0.133. The van der Waals surface area contributed by atoms with Gasteiger partial charge >= 0.3 is 5.69 Å². The number of hydrogen-bond donors (Lipinski definition) is 0. The average molecular weight is 447 g/mol. The normalized spacial score (nSPS) is 15.5. The zero-order valence-electron chi connectivity index (χ0n) is 17.1. The molecule has 2 aromatic carbocycles. The predicted molar refractivity (Wildman–Crippen MR) is 114 cm³/mol. The van der Waals surface area contributed by atoms with Crippen LogP contribution in [0.15, 0.2) is 58.2 Å². The molecule has 3 aromatic rings. The Labute approximate surface area is 179 Å². The maximum absolute atomic E-state index is 13.3. The number of piperazine rings is 1. The molecule has 0 saturated carbocycles. The maximum atomic E-state index is 13.3. The summed E-state index contributed by atoms with van der Waals surface area (Å²) in [5, 5.41) is 0. The summed E-state index contributed by atoms with van der Waals surface area (Å²) in [5.41, 5.74) is -0.315. The van der Waals surface area contributed by atoms with E-state index in [1.165, 1.54) is 10.6 Å². The number of likely N-dealkylation sites (N-methyl/N-ethyl adjacent to an activating group) is 1. The van der Waals surface area contributed by atoms with E-state index in [-0.39, 0.29) is 22.9 Å². The van der Waals surface area contributed by atoms with E-state index in [9.17, 15) is 22.4 Å². The molecule has 1 amide bonds. The minimum atomic E-state index is -4.28. The summed E-state index contributed by atoms with van der Waals surface area (Å²) in [7, 11) is -4.28. The van der Waals surface area contributed by atoms with Crippen LogP contribution in [0.5, 0.6) is 0 Å². The molecule has 0 unspecified atom stereocenters. The van der Waals surface area contributed by atoms with E-state index < -0.39 is 21.5 Å². The van der Waals surface area contributed by atoms with Gasteiger partial charge in [0.25, 0.3) is 10.0 Å². The molecule has 2 heterocycles. The van der Waals surface area contributed by atoms with Gasteiger partial charge in [-0.3, -0.25) is 9.36 Å². The Balaban J connectivity index is 1.73. The number of para-hydroxylation sites is 2. The zero-order valence-corrected chi connectivity index (χ0v) is 17.9. The van der Waals surface area contributed by atoms with Crippen molar-refractivity contribution < 1.29 is 17.6 Å². The van der Waals surface area contributed by atoms with E-state index in [1.807, 2.05) is 0 Å². The van der Waals surface area contributed by atoms with Crippen LogP contribution in [0.3, 0.4) is 0 Å². The van der Waals surface area contributed by atoms with Crippen molar-refractivity contribution in [3.8, 4) is 0 Å². The standard InChI is InChI=1S/C21H23FN4O4S/c1-2-23-11-13-24(14-12-23)20(27)15-25-18-5-3-4-6-19(18)26(21(25)28)31(29,30)17-9-7-16(22)8-10-17/h3-10H,2,11-15H2,1H3. The summed E-state index contributed by atoms with van der Waals surface area (Å²) >= 11 is 0. The number of imidazole rings is 1. The molecule has 0 bridgehead atoms. The van der Waals surface area contributed by atoms with E-state index >= 15 is 0 Å². The fraction of sp³-hybridized carbons (Fsp3) is 0.333. The first-order valence-corrected chi connectivity index (χ1v) is 11.5. The third-order valence-electron chi connectivity index (χ3n) is 5.61. The fourth-order valence-electron chi connectivity index (χ4n) is 3.83. The minimum absolute atomic E-state index is 0.167. The summed E-state index contributed by atoms with van der Waals surface area (Å²) in [6.07, 6.45) is 0. The fourth-order valence-corrected chi connectivity index (χ4v) is 5.23. The smallest absolute Gasteiger partial charge is 0.339 e. The van der Waals surface area contributed by atoms with E-state index in [0.717, 1.165) is 43.9 Å². The number of carbonyl (C=O) groups excluding carboxylic acids is 1. The second-order valence-corrected chi connectivity index (χ2v) is 9.18. The molecule has 1 aromatic heterocycles. The predicted octanol–water partition coefficient (Wildman–Crippen LogP) is 1.34. The Kier molecular flexibility index (Phi) is 5.67. The van der Waals surface area contributed by atoms with Crippen LogP contribution < -0.4 is 5.69 Å². The maximum Gasteiger partial charge on any atom is 0.343 e. The van der Waals surface area contributed by atoms with Gasteiger partial charge in [-0.2, -0.15) is 3.97 Å². The molecule has 0 aliphatic carbocycles. The van der Waals surface area contributed by atoms with Gasteiger partial charge < -0.3 is 9.80 Å². The number of carbonyl (C=O) groups is 1. The molecule has 1 saturated heterocycles. The molecule has 8 nitrogen and oxygen atoms in total. The number of aromatic nitrogens is 2. The van der Waals surface area contributed by atoms with Crippen LogP contribution in [-0.2, 0) is 21.4 Å². The van der Waals surface area contributed by atoms with Gasteiger partial charge in [-0.1, -0.05) is 19.1 Å². The van der Waals surface area contributed by atoms with Gasteiger partial charge in [-0.15, -0.1) is 0 Å². The van der Waals surface area contributed by atoms with Gasteiger partial charge in [0.1, 0.15) is 12.4 Å². The highest BCUT2D eigenvalue weighted by Gasteiger charge is 2.27. The van der Waals surface area contributed by atoms with Gasteiger partial charge in [0, 0.05) is 26.2 Å². The summed E-state index contributed by atoms with van der Waals surface area (Å²) in [6.45, 7) is 5.37. The first kappa shape index (κ1) is 21.3. The van der Waals surface area contributed by atoms with Crippen LogP contribution in [0.4, 0.5) is 4.39 Å². The highest BCUT2D eigenvalue weighted by atomic mass is 32.2. The topological polar surface area (TPSA) is 84.6 Å². The molecular formula is C21H23FN4O4S. The quantitative estimate of drug-likeness (QED) is 0.591. The minimum Gasteiger partial charge on any atom is -0.339 e. The van der Waals surface area contributed by atoms with Gasteiger partial charge in [0.2, 0.25) is 5.91 Å². The lowest BCUT2D eigenvalue weighted by Gasteiger charge is -2.34. The van der Waals surface area contributed by atoms with Crippen LogP contribution in [-0.4, -0.2) is 65.4 Å². The second-order valence-electron chi connectivity index (χ2n) is 7.40.